The highest BCUT2D eigenvalue weighted by Crippen LogP contribution is 2.17. The van der Waals surface area contributed by atoms with Crippen molar-refractivity contribution < 1.29 is 0 Å². The van der Waals surface area contributed by atoms with Crippen LogP contribution in [0.15, 0.2) is 18.3 Å². The van der Waals surface area contributed by atoms with Gasteiger partial charge in [0.15, 0.2) is 0 Å². The van der Waals surface area contributed by atoms with Gasteiger partial charge in [0, 0.05) is 12.6 Å². The van der Waals surface area contributed by atoms with Crippen LogP contribution >= 0.6 is 11.6 Å². The van der Waals surface area contributed by atoms with E-state index in [0.717, 1.165) is 31.5 Å². The Morgan fingerprint density at radius 2 is 2.29 bits per heavy atom. The van der Waals surface area contributed by atoms with E-state index in [9.17, 15) is 0 Å². The molecule has 0 aliphatic heterocycles. The van der Waals surface area contributed by atoms with E-state index in [-0.39, 0.29) is 6.04 Å². The lowest BCUT2D eigenvalue weighted by Gasteiger charge is -2.16. The summed E-state index contributed by atoms with van der Waals surface area (Å²) in [5, 5.41) is 4.17. The lowest BCUT2D eigenvalue weighted by Crippen LogP contribution is -2.22. The smallest absolute Gasteiger partial charge is 0.0589 e. The summed E-state index contributed by atoms with van der Waals surface area (Å²) in [5.74, 6) is 6.01. The van der Waals surface area contributed by atoms with Crippen molar-refractivity contribution in [2.24, 2.45) is 0 Å². The van der Waals surface area contributed by atoms with E-state index in [0.29, 0.717) is 5.02 Å². The van der Waals surface area contributed by atoms with Gasteiger partial charge in [-0.25, -0.2) is 0 Å². The zero-order valence-corrected chi connectivity index (χ0v) is 11.2. The quantitative estimate of drug-likeness (QED) is 0.781. The highest BCUT2D eigenvalue weighted by Gasteiger charge is 2.10. The molecule has 2 nitrogen and oxygen atoms in total. The molecule has 3 heteroatoms. The Morgan fingerprint density at radius 1 is 1.47 bits per heavy atom. The minimum Gasteiger partial charge on any atom is -0.309 e. The number of aromatic nitrogens is 1. The van der Waals surface area contributed by atoms with Crippen molar-refractivity contribution in [3.05, 3.63) is 29.0 Å². The van der Waals surface area contributed by atoms with Crippen LogP contribution in [-0.2, 0) is 0 Å². The van der Waals surface area contributed by atoms with Gasteiger partial charge in [-0.05, 0) is 38.4 Å². The van der Waals surface area contributed by atoms with E-state index in [1.807, 2.05) is 19.1 Å². The molecular weight excluding hydrogens is 232 g/mol. The zero-order valence-electron chi connectivity index (χ0n) is 10.5. The molecule has 1 unspecified atom stereocenters. The van der Waals surface area contributed by atoms with Crippen molar-refractivity contribution in [1.29, 1.82) is 0 Å². The minimum absolute atomic E-state index is 0.271. The van der Waals surface area contributed by atoms with Crippen LogP contribution < -0.4 is 5.32 Å². The van der Waals surface area contributed by atoms with E-state index >= 15 is 0 Å². The summed E-state index contributed by atoms with van der Waals surface area (Å²) in [6.07, 6.45) is 4.68. The second-order valence-corrected chi connectivity index (χ2v) is 4.31. The van der Waals surface area contributed by atoms with Crippen molar-refractivity contribution >= 4 is 11.6 Å². The molecule has 1 N–H and O–H groups in total. The fourth-order valence-electron chi connectivity index (χ4n) is 1.61. The van der Waals surface area contributed by atoms with Crippen LogP contribution in [0.4, 0.5) is 0 Å². The van der Waals surface area contributed by atoms with Crippen molar-refractivity contribution in [2.75, 3.05) is 6.54 Å². The molecular formula is C14H19ClN2. The maximum absolute atomic E-state index is 5.84. The Labute approximate surface area is 109 Å². The minimum atomic E-state index is 0.271. The number of hydrogen-bond acceptors (Lipinski definition) is 2. The van der Waals surface area contributed by atoms with Gasteiger partial charge in [-0.1, -0.05) is 18.5 Å². The molecule has 1 aromatic rings. The predicted molar refractivity (Wildman–Crippen MR) is 73.0 cm³/mol. The van der Waals surface area contributed by atoms with Crippen LogP contribution in [0, 0.1) is 11.8 Å². The van der Waals surface area contributed by atoms with E-state index in [1.54, 1.807) is 6.20 Å². The summed E-state index contributed by atoms with van der Waals surface area (Å²) in [4.78, 5) is 4.37. The van der Waals surface area contributed by atoms with Gasteiger partial charge >= 0.3 is 0 Å². The fraction of sp³-hybridized carbons (Fsp3) is 0.500. The summed E-state index contributed by atoms with van der Waals surface area (Å²) >= 11 is 5.84. The SMILES string of the molecule is CC#CCCC(NCCC)c1ccc(Cl)cn1. The Morgan fingerprint density at radius 3 is 2.88 bits per heavy atom. The largest absolute Gasteiger partial charge is 0.309 e. The molecule has 0 bridgehead atoms. The lowest BCUT2D eigenvalue weighted by atomic mass is 10.1. The molecule has 0 spiro atoms. The molecule has 0 radical (unpaired) electrons. The summed E-state index contributed by atoms with van der Waals surface area (Å²) < 4.78 is 0. The summed E-state index contributed by atoms with van der Waals surface area (Å²) in [6.45, 7) is 5.02. The molecule has 0 saturated heterocycles. The van der Waals surface area contributed by atoms with Crippen LogP contribution in [0.2, 0.25) is 5.02 Å². The molecule has 0 amide bonds. The van der Waals surface area contributed by atoms with E-state index in [1.165, 1.54) is 0 Å². The molecule has 0 aliphatic rings. The van der Waals surface area contributed by atoms with E-state index in [4.69, 9.17) is 11.6 Å². The number of rotatable bonds is 6. The van der Waals surface area contributed by atoms with Crippen LogP contribution in [-0.4, -0.2) is 11.5 Å². The Kier molecular flexibility index (Phi) is 6.69. The number of hydrogen-bond donors (Lipinski definition) is 1. The van der Waals surface area contributed by atoms with Crippen molar-refractivity contribution in [1.82, 2.24) is 10.3 Å². The Hall–Kier alpha value is -1.04. The first-order valence-electron chi connectivity index (χ1n) is 6.02. The topological polar surface area (TPSA) is 24.9 Å². The summed E-state index contributed by atoms with van der Waals surface area (Å²) in [7, 11) is 0. The summed E-state index contributed by atoms with van der Waals surface area (Å²) in [6, 6.07) is 4.14. The Balaban J connectivity index is 2.65. The zero-order chi connectivity index (χ0) is 12.5. The van der Waals surface area contributed by atoms with Gasteiger partial charge in [-0.2, -0.15) is 0 Å². The van der Waals surface area contributed by atoms with Crippen molar-refractivity contribution in [3.8, 4) is 11.8 Å². The number of halogens is 1. The molecule has 17 heavy (non-hydrogen) atoms. The van der Waals surface area contributed by atoms with Crippen LogP contribution in [0.5, 0.6) is 0 Å². The second-order valence-electron chi connectivity index (χ2n) is 3.87. The molecule has 0 aromatic carbocycles. The third-order valence-corrected chi connectivity index (χ3v) is 2.71. The highest BCUT2D eigenvalue weighted by molar-refractivity contribution is 6.30. The van der Waals surface area contributed by atoms with Gasteiger partial charge in [-0.15, -0.1) is 11.8 Å². The third-order valence-electron chi connectivity index (χ3n) is 2.48. The standard InChI is InChI=1S/C14H19ClN2/c1-3-5-6-7-13(16-10-4-2)14-9-8-12(15)11-17-14/h8-9,11,13,16H,4,6-7,10H2,1-2H3. The lowest BCUT2D eigenvalue weighted by molar-refractivity contribution is 0.495. The van der Waals surface area contributed by atoms with Gasteiger partial charge in [0.1, 0.15) is 0 Å². The summed E-state index contributed by atoms with van der Waals surface area (Å²) in [5.41, 5.74) is 1.04. The maximum Gasteiger partial charge on any atom is 0.0589 e. The molecule has 0 aliphatic carbocycles. The number of nitrogens with one attached hydrogen (secondary N) is 1. The van der Waals surface area contributed by atoms with Crippen LogP contribution in [0.25, 0.3) is 0 Å². The second kappa shape index (κ2) is 8.11. The van der Waals surface area contributed by atoms with Gasteiger partial charge in [0.05, 0.1) is 16.8 Å². The monoisotopic (exact) mass is 250 g/mol. The first kappa shape index (κ1) is 14.0. The first-order chi connectivity index (χ1) is 8.27. The normalized spacial score (nSPS) is 11.7. The molecule has 0 saturated carbocycles. The van der Waals surface area contributed by atoms with Crippen LogP contribution in [0.3, 0.4) is 0 Å². The molecule has 1 heterocycles. The van der Waals surface area contributed by atoms with Gasteiger partial charge in [0.2, 0.25) is 0 Å². The molecule has 92 valence electrons. The van der Waals surface area contributed by atoms with E-state index in [2.05, 4.69) is 29.1 Å². The van der Waals surface area contributed by atoms with Crippen molar-refractivity contribution in [3.63, 3.8) is 0 Å². The average molecular weight is 251 g/mol. The maximum atomic E-state index is 5.84. The average Bonchev–Trinajstić information content (AvgIpc) is 2.35. The molecule has 0 fully saturated rings. The molecule has 1 atom stereocenters. The van der Waals surface area contributed by atoms with Gasteiger partial charge in [0.25, 0.3) is 0 Å². The highest BCUT2D eigenvalue weighted by atomic mass is 35.5. The molecule has 1 aromatic heterocycles. The first-order valence-corrected chi connectivity index (χ1v) is 6.40. The van der Waals surface area contributed by atoms with Gasteiger partial charge in [-0.3, -0.25) is 4.98 Å². The number of pyridine rings is 1. The van der Waals surface area contributed by atoms with E-state index < -0.39 is 0 Å². The molecule has 1 rings (SSSR count). The number of nitrogens with zero attached hydrogens (tertiary/aromatic N) is 1. The fourth-order valence-corrected chi connectivity index (χ4v) is 1.72. The third kappa shape index (κ3) is 5.21. The van der Waals surface area contributed by atoms with Gasteiger partial charge < -0.3 is 5.32 Å². The Bertz CT molecular complexity index is 375. The van der Waals surface area contributed by atoms with Crippen molar-refractivity contribution in [2.45, 2.75) is 39.2 Å². The predicted octanol–water partition coefficient (Wildman–Crippen LogP) is 3.58. The van der Waals surface area contributed by atoms with Crippen LogP contribution in [0.1, 0.15) is 44.8 Å².